The van der Waals surface area contributed by atoms with E-state index in [1.54, 1.807) is 54.6 Å². The molecule has 0 heterocycles. The number of nitrogens with zero attached hydrogens (tertiary/aromatic N) is 1. The van der Waals surface area contributed by atoms with Gasteiger partial charge in [-0.1, -0.05) is 41.4 Å². The topological polar surface area (TPSA) is 75.7 Å². The maximum atomic E-state index is 13.3. The van der Waals surface area contributed by atoms with E-state index in [2.05, 4.69) is 5.32 Å². The van der Waals surface area contributed by atoms with E-state index in [4.69, 9.17) is 27.9 Å². The molecule has 0 aliphatic heterocycles. The van der Waals surface area contributed by atoms with Gasteiger partial charge < -0.3 is 10.1 Å². The Bertz CT molecular complexity index is 1140. The van der Waals surface area contributed by atoms with Crippen molar-refractivity contribution in [2.75, 3.05) is 23.3 Å². The van der Waals surface area contributed by atoms with Crippen molar-refractivity contribution in [3.8, 4) is 5.75 Å². The van der Waals surface area contributed by atoms with Crippen molar-refractivity contribution in [3.63, 3.8) is 0 Å². The number of sulfonamides is 1. The monoisotopic (exact) mass is 464 g/mol. The van der Waals surface area contributed by atoms with Gasteiger partial charge in [0.25, 0.3) is 10.0 Å². The van der Waals surface area contributed by atoms with Crippen molar-refractivity contribution in [3.05, 3.63) is 82.8 Å². The highest BCUT2D eigenvalue weighted by Gasteiger charge is 2.27. The van der Waals surface area contributed by atoms with Crippen LogP contribution in [0.4, 0.5) is 11.4 Å². The number of methoxy groups -OCH3 is 1. The van der Waals surface area contributed by atoms with Gasteiger partial charge in [-0.05, 0) is 54.6 Å². The zero-order chi connectivity index (χ0) is 21.7. The van der Waals surface area contributed by atoms with Gasteiger partial charge in [-0.2, -0.15) is 0 Å². The molecule has 6 nitrogen and oxygen atoms in total. The van der Waals surface area contributed by atoms with Gasteiger partial charge in [0.05, 0.1) is 27.7 Å². The van der Waals surface area contributed by atoms with Gasteiger partial charge in [0.15, 0.2) is 0 Å². The molecule has 1 N–H and O–H groups in total. The molecule has 0 spiro atoms. The highest BCUT2D eigenvalue weighted by molar-refractivity contribution is 7.92. The minimum Gasteiger partial charge on any atom is -0.497 e. The molecule has 0 saturated carbocycles. The fraction of sp³-hybridized carbons (Fsp3) is 0.0952. The average Bonchev–Trinajstić information content (AvgIpc) is 2.75. The maximum absolute atomic E-state index is 13.3. The maximum Gasteiger partial charge on any atom is 0.264 e. The largest absolute Gasteiger partial charge is 0.497 e. The summed E-state index contributed by atoms with van der Waals surface area (Å²) in [4.78, 5) is 12.7. The second-order valence-corrected chi connectivity index (χ2v) is 8.88. The molecule has 0 aromatic heterocycles. The summed E-state index contributed by atoms with van der Waals surface area (Å²) in [6, 6.07) is 18.9. The summed E-state index contributed by atoms with van der Waals surface area (Å²) >= 11 is 11.9. The van der Waals surface area contributed by atoms with Crippen molar-refractivity contribution in [1.82, 2.24) is 0 Å². The predicted octanol–water partition coefficient (Wildman–Crippen LogP) is 4.84. The molecule has 0 radical (unpaired) electrons. The van der Waals surface area contributed by atoms with Gasteiger partial charge in [0.2, 0.25) is 5.91 Å². The Labute approximate surface area is 185 Å². The second kappa shape index (κ2) is 9.38. The van der Waals surface area contributed by atoms with Crippen LogP contribution < -0.4 is 14.4 Å². The van der Waals surface area contributed by atoms with Crippen molar-refractivity contribution < 1.29 is 17.9 Å². The predicted molar refractivity (Wildman–Crippen MR) is 119 cm³/mol. The molecule has 1 amide bonds. The van der Waals surface area contributed by atoms with E-state index in [-0.39, 0.29) is 9.92 Å². The van der Waals surface area contributed by atoms with Gasteiger partial charge in [-0.3, -0.25) is 9.10 Å². The number of hydrogen-bond acceptors (Lipinski definition) is 4. The zero-order valence-electron chi connectivity index (χ0n) is 15.9. The lowest BCUT2D eigenvalue weighted by molar-refractivity contribution is -0.114. The van der Waals surface area contributed by atoms with E-state index < -0.39 is 22.5 Å². The van der Waals surface area contributed by atoms with Crippen LogP contribution in [0.15, 0.2) is 77.7 Å². The van der Waals surface area contributed by atoms with Gasteiger partial charge in [0, 0.05) is 5.69 Å². The molecule has 0 saturated heterocycles. The number of rotatable bonds is 7. The summed E-state index contributed by atoms with van der Waals surface area (Å²) in [6.07, 6.45) is 0. The van der Waals surface area contributed by atoms with E-state index >= 15 is 0 Å². The van der Waals surface area contributed by atoms with Gasteiger partial charge >= 0.3 is 0 Å². The molecule has 0 bridgehead atoms. The molecule has 30 heavy (non-hydrogen) atoms. The van der Waals surface area contributed by atoms with Crippen LogP contribution in [-0.2, 0) is 14.8 Å². The van der Waals surface area contributed by atoms with E-state index in [0.29, 0.717) is 22.1 Å². The molecule has 0 unspecified atom stereocenters. The number of amides is 1. The van der Waals surface area contributed by atoms with Crippen LogP contribution in [0.25, 0.3) is 0 Å². The van der Waals surface area contributed by atoms with Crippen LogP contribution in [0.5, 0.6) is 5.75 Å². The number of halogens is 2. The first kappa shape index (κ1) is 22.0. The first-order valence-corrected chi connectivity index (χ1v) is 11.0. The molecule has 0 aliphatic rings. The number of hydrogen-bond donors (Lipinski definition) is 1. The van der Waals surface area contributed by atoms with Crippen LogP contribution in [-0.4, -0.2) is 28.0 Å². The fourth-order valence-corrected chi connectivity index (χ4v) is 4.43. The number of benzene rings is 3. The molecule has 0 aliphatic carbocycles. The summed E-state index contributed by atoms with van der Waals surface area (Å²) < 4.78 is 32.7. The Hall–Kier alpha value is -2.74. The van der Waals surface area contributed by atoms with Crippen LogP contribution in [0, 0.1) is 0 Å². The van der Waals surface area contributed by atoms with Crippen LogP contribution in [0.3, 0.4) is 0 Å². The third-order valence-electron chi connectivity index (χ3n) is 4.18. The lowest BCUT2D eigenvalue weighted by atomic mass is 10.3. The Balaban J connectivity index is 1.92. The molecule has 3 aromatic rings. The molecule has 3 aromatic carbocycles. The summed E-state index contributed by atoms with van der Waals surface area (Å²) in [5.74, 6) is 0.0276. The Morgan fingerprint density at radius 1 is 0.967 bits per heavy atom. The SMILES string of the molecule is COc1ccc(N(CC(=O)Nc2ccc(Cl)c(Cl)c2)S(=O)(=O)c2ccccc2)cc1. The number of ether oxygens (including phenoxy) is 1. The van der Waals surface area contributed by atoms with E-state index in [9.17, 15) is 13.2 Å². The molecule has 9 heteroatoms. The number of carbonyl (C=O) groups is 1. The molecular formula is C21H18Cl2N2O4S. The quantitative estimate of drug-likeness (QED) is 0.542. The smallest absolute Gasteiger partial charge is 0.264 e. The van der Waals surface area contributed by atoms with E-state index in [0.717, 1.165) is 4.31 Å². The first-order valence-electron chi connectivity index (χ1n) is 8.78. The minimum absolute atomic E-state index is 0.0724. The average molecular weight is 465 g/mol. The van der Waals surface area contributed by atoms with E-state index in [1.807, 2.05) is 0 Å². The van der Waals surface area contributed by atoms with Gasteiger partial charge in [-0.25, -0.2) is 8.42 Å². The summed E-state index contributed by atoms with van der Waals surface area (Å²) in [6.45, 7) is -0.441. The normalized spacial score (nSPS) is 11.0. The lowest BCUT2D eigenvalue weighted by Gasteiger charge is -2.24. The number of anilines is 2. The van der Waals surface area contributed by atoms with Crippen molar-refractivity contribution in [1.29, 1.82) is 0 Å². The molecule has 0 fully saturated rings. The molecule has 156 valence electrons. The fourth-order valence-electron chi connectivity index (χ4n) is 2.69. The van der Waals surface area contributed by atoms with Crippen LogP contribution in [0.1, 0.15) is 0 Å². The Kier molecular flexibility index (Phi) is 6.87. The van der Waals surface area contributed by atoms with Crippen LogP contribution >= 0.6 is 23.2 Å². The first-order chi connectivity index (χ1) is 14.3. The number of carbonyl (C=O) groups excluding carboxylic acids is 1. The van der Waals surface area contributed by atoms with E-state index in [1.165, 1.54) is 25.3 Å². The summed E-state index contributed by atoms with van der Waals surface area (Å²) in [5, 5.41) is 3.27. The van der Waals surface area contributed by atoms with Crippen molar-refractivity contribution >= 4 is 50.5 Å². The van der Waals surface area contributed by atoms with Gasteiger partial charge in [0.1, 0.15) is 12.3 Å². The van der Waals surface area contributed by atoms with Crippen LogP contribution in [0.2, 0.25) is 10.0 Å². The zero-order valence-corrected chi connectivity index (χ0v) is 18.2. The third-order valence-corrected chi connectivity index (χ3v) is 6.71. The highest BCUT2D eigenvalue weighted by atomic mass is 35.5. The Morgan fingerprint density at radius 3 is 2.23 bits per heavy atom. The molecule has 3 rings (SSSR count). The molecular weight excluding hydrogens is 447 g/mol. The number of nitrogens with one attached hydrogen (secondary N) is 1. The summed E-state index contributed by atoms with van der Waals surface area (Å²) in [5.41, 5.74) is 0.727. The van der Waals surface area contributed by atoms with Crippen molar-refractivity contribution in [2.24, 2.45) is 0 Å². The summed E-state index contributed by atoms with van der Waals surface area (Å²) in [7, 11) is -2.48. The standard InChI is InChI=1S/C21H18Cl2N2O4S/c1-29-17-10-8-16(9-11-17)25(30(27,28)18-5-3-2-4-6-18)14-21(26)24-15-7-12-19(22)20(23)13-15/h2-13H,14H2,1H3,(H,24,26). The Morgan fingerprint density at radius 2 is 1.63 bits per heavy atom. The molecule has 0 atom stereocenters. The third kappa shape index (κ3) is 5.05. The van der Waals surface area contributed by atoms with Gasteiger partial charge in [-0.15, -0.1) is 0 Å². The highest BCUT2D eigenvalue weighted by Crippen LogP contribution is 2.27. The second-order valence-electron chi connectivity index (χ2n) is 6.20. The minimum atomic E-state index is -3.99. The van der Waals surface area contributed by atoms with Crippen molar-refractivity contribution in [2.45, 2.75) is 4.90 Å². The lowest BCUT2D eigenvalue weighted by Crippen LogP contribution is -2.38.